The highest BCUT2D eigenvalue weighted by Crippen LogP contribution is 2.21. The van der Waals surface area contributed by atoms with Crippen LogP contribution in [0, 0.1) is 0 Å². The van der Waals surface area contributed by atoms with Crippen molar-refractivity contribution in [3.8, 4) is 0 Å². The molecule has 0 aliphatic carbocycles. The van der Waals surface area contributed by atoms with Crippen LogP contribution < -0.4 is 10.2 Å². The van der Waals surface area contributed by atoms with Gasteiger partial charge < -0.3 is 15.0 Å². The Morgan fingerprint density at radius 2 is 1.93 bits per heavy atom. The Morgan fingerprint density at radius 1 is 1.19 bits per heavy atom. The third kappa shape index (κ3) is 6.70. The molecule has 1 aromatic rings. The molecule has 2 amide bonds. The average molecular weight is 374 g/mol. The maximum Gasteiger partial charge on any atom is 0.338 e. The number of ether oxygens (including phenoxy) is 1. The molecule has 1 atom stereocenters. The highest BCUT2D eigenvalue weighted by Gasteiger charge is 2.22. The van der Waals surface area contributed by atoms with Gasteiger partial charge in [0.2, 0.25) is 5.91 Å². The number of carbonyl (C=O) groups excluding carboxylic acids is 3. The van der Waals surface area contributed by atoms with Crippen LogP contribution in [0.3, 0.4) is 0 Å². The summed E-state index contributed by atoms with van der Waals surface area (Å²) in [4.78, 5) is 37.5. The molecule has 1 saturated heterocycles. The third-order valence-electron chi connectivity index (χ3n) is 4.72. The number of amides is 2. The Hall–Kier alpha value is -2.37. The minimum Gasteiger partial charge on any atom is -0.452 e. The lowest BCUT2D eigenvalue weighted by Gasteiger charge is -2.16. The Kier molecular flexibility index (Phi) is 8.30. The molecule has 1 heterocycles. The molecule has 6 nitrogen and oxygen atoms in total. The Balaban J connectivity index is 1.73. The molecule has 1 N–H and O–H groups in total. The number of rotatable bonds is 10. The van der Waals surface area contributed by atoms with E-state index in [0.29, 0.717) is 18.5 Å². The van der Waals surface area contributed by atoms with E-state index in [9.17, 15) is 14.4 Å². The van der Waals surface area contributed by atoms with Crippen LogP contribution in [0.1, 0.15) is 69.2 Å². The summed E-state index contributed by atoms with van der Waals surface area (Å²) in [6, 6.07) is 6.79. The van der Waals surface area contributed by atoms with E-state index in [1.807, 2.05) is 6.92 Å². The zero-order valence-corrected chi connectivity index (χ0v) is 16.3. The molecule has 148 valence electrons. The van der Waals surface area contributed by atoms with E-state index in [0.717, 1.165) is 24.9 Å². The van der Waals surface area contributed by atoms with Gasteiger partial charge in [-0.05, 0) is 44.0 Å². The van der Waals surface area contributed by atoms with Crippen LogP contribution in [-0.4, -0.2) is 37.0 Å². The van der Waals surface area contributed by atoms with E-state index >= 15 is 0 Å². The van der Waals surface area contributed by atoms with Gasteiger partial charge in [-0.25, -0.2) is 4.79 Å². The molecule has 1 fully saturated rings. The summed E-state index contributed by atoms with van der Waals surface area (Å²) in [5, 5.41) is 2.85. The summed E-state index contributed by atoms with van der Waals surface area (Å²) in [7, 11) is 0. The highest BCUT2D eigenvalue weighted by atomic mass is 16.5. The van der Waals surface area contributed by atoms with Crippen molar-refractivity contribution in [2.75, 3.05) is 18.1 Å². The molecule has 0 radical (unpaired) electrons. The molecule has 1 aromatic carbocycles. The second kappa shape index (κ2) is 10.7. The summed E-state index contributed by atoms with van der Waals surface area (Å²) < 4.78 is 5.09. The van der Waals surface area contributed by atoms with E-state index in [1.54, 1.807) is 29.2 Å². The van der Waals surface area contributed by atoms with Crippen LogP contribution in [0.5, 0.6) is 0 Å². The number of nitrogens with one attached hydrogen (secondary N) is 1. The quantitative estimate of drug-likeness (QED) is 0.503. The van der Waals surface area contributed by atoms with Crippen LogP contribution in [-0.2, 0) is 14.3 Å². The van der Waals surface area contributed by atoms with Crippen molar-refractivity contribution in [2.24, 2.45) is 0 Å². The minimum absolute atomic E-state index is 0.0744. The number of hydrogen-bond donors (Lipinski definition) is 1. The van der Waals surface area contributed by atoms with Crippen LogP contribution in [0.25, 0.3) is 0 Å². The normalized spacial score (nSPS) is 14.9. The Bertz CT molecular complexity index is 642. The van der Waals surface area contributed by atoms with E-state index in [-0.39, 0.29) is 24.5 Å². The van der Waals surface area contributed by atoms with Crippen LogP contribution in [0.2, 0.25) is 0 Å². The monoisotopic (exact) mass is 374 g/mol. The summed E-state index contributed by atoms with van der Waals surface area (Å²) >= 11 is 0. The van der Waals surface area contributed by atoms with Gasteiger partial charge in [-0.3, -0.25) is 9.59 Å². The zero-order valence-electron chi connectivity index (χ0n) is 16.3. The number of esters is 1. The summed E-state index contributed by atoms with van der Waals surface area (Å²) in [5.41, 5.74) is 1.15. The van der Waals surface area contributed by atoms with Crippen molar-refractivity contribution in [1.82, 2.24) is 5.32 Å². The summed E-state index contributed by atoms with van der Waals surface area (Å²) in [6.45, 7) is 4.55. The van der Waals surface area contributed by atoms with E-state index < -0.39 is 5.97 Å². The predicted octanol–water partition coefficient (Wildman–Crippen LogP) is 3.45. The van der Waals surface area contributed by atoms with Crippen LogP contribution >= 0.6 is 0 Å². The maximum absolute atomic E-state index is 12.1. The maximum atomic E-state index is 12.1. The number of unbranched alkanes of at least 4 members (excludes halogenated alkanes) is 3. The molecule has 0 bridgehead atoms. The van der Waals surface area contributed by atoms with Crippen LogP contribution in [0.15, 0.2) is 24.3 Å². The fourth-order valence-corrected chi connectivity index (χ4v) is 3.18. The third-order valence-corrected chi connectivity index (χ3v) is 4.72. The van der Waals surface area contributed by atoms with Crippen molar-refractivity contribution >= 4 is 23.5 Å². The molecule has 2 rings (SSSR count). The van der Waals surface area contributed by atoms with Crippen molar-refractivity contribution in [2.45, 2.75) is 64.8 Å². The van der Waals surface area contributed by atoms with E-state index in [1.165, 1.54) is 19.3 Å². The van der Waals surface area contributed by atoms with Crippen molar-refractivity contribution < 1.29 is 19.1 Å². The van der Waals surface area contributed by atoms with Gasteiger partial charge in [-0.2, -0.15) is 0 Å². The molecule has 1 aliphatic rings. The molecule has 6 heteroatoms. The number of carbonyl (C=O) groups is 3. The number of nitrogens with zero attached hydrogens (tertiary/aromatic N) is 1. The average Bonchev–Trinajstić information content (AvgIpc) is 3.09. The predicted molar refractivity (Wildman–Crippen MR) is 105 cm³/mol. The SMILES string of the molecule is CCCCCC[C@@H](C)NC(=O)COC(=O)c1ccc(N2CCCC2=O)cc1. The number of benzene rings is 1. The van der Waals surface area contributed by atoms with Gasteiger partial charge in [0.15, 0.2) is 6.61 Å². The van der Waals surface area contributed by atoms with Gasteiger partial charge in [-0.1, -0.05) is 32.6 Å². The Labute approximate surface area is 161 Å². The molecule has 27 heavy (non-hydrogen) atoms. The number of hydrogen-bond acceptors (Lipinski definition) is 4. The summed E-state index contributed by atoms with van der Waals surface area (Å²) in [6.07, 6.45) is 7.00. The van der Waals surface area contributed by atoms with Crippen molar-refractivity contribution in [3.05, 3.63) is 29.8 Å². The zero-order chi connectivity index (χ0) is 19.6. The molecule has 0 spiro atoms. The first-order chi connectivity index (χ1) is 13.0. The lowest BCUT2D eigenvalue weighted by molar-refractivity contribution is -0.124. The molecular formula is C21H30N2O4. The summed E-state index contributed by atoms with van der Waals surface area (Å²) in [5.74, 6) is -0.725. The fourth-order valence-electron chi connectivity index (χ4n) is 3.18. The van der Waals surface area contributed by atoms with E-state index in [4.69, 9.17) is 4.74 Å². The van der Waals surface area contributed by atoms with Crippen molar-refractivity contribution in [1.29, 1.82) is 0 Å². The first-order valence-corrected chi connectivity index (χ1v) is 9.88. The van der Waals surface area contributed by atoms with Gasteiger partial charge in [-0.15, -0.1) is 0 Å². The van der Waals surface area contributed by atoms with E-state index in [2.05, 4.69) is 12.2 Å². The van der Waals surface area contributed by atoms with Crippen LogP contribution in [0.4, 0.5) is 5.69 Å². The topological polar surface area (TPSA) is 75.7 Å². The van der Waals surface area contributed by atoms with Gasteiger partial charge in [0, 0.05) is 24.7 Å². The van der Waals surface area contributed by atoms with Crippen molar-refractivity contribution in [3.63, 3.8) is 0 Å². The van der Waals surface area contributed by atoms with Gasteiger partial charge in [0.1, 0.15) is 0 Å². The molecule has 1 aliphatic heterocycles. The van der Waals surface area contributed by atoms with Gasteiger partial charge in [0.25, 0.3) is 5.91 Å². The lowest BCUT2D eigenvalue weighted by Crippen LogP contribution is -2.35. The minimum atomic E-state index is -0.542. The van der Waals surface area contributed by atoms with Gasteiger partial charge >= 0.3 is 5.97 Å². The number of anilines is 1. The molecular weight excluding hydrogens is 344 g/mol. The molecule has 0 unspecified atom stereocenters. The molecule has 0 aromatic heterocycles. The highest BCUT2D eigenvalue weighted by molar-refractivity contribution is 5.96. The second-order valence-corrected chi connectivity index (χ2v) is 7.09. The molecule has 0 saturated carbocycles. The first-order valence-electron chi connectivity index (χ1n) is 9.88. The lowest BCUT2D eigenvalue weighted by atomic mass is 10.1. The smallest absolute Gasteiger partial charge is 0.338 e. The standard InChI is InChI=1S/C21H30N2O4/c1-3-4-5-6-8-16(2)22-19(24)15-27-21(26)17-10-12-18(13-11-17)23-14-7-9-20(23)25/h10-13,16H,3-9,14-15H2,1-2H3,(H,22,24)/t16-/m1/s1. The fraction of sp³-hybridized carbons (Fsp3) is 0.571. The first kappa shape index (κ1) is 20.9. The van der Waals surface area contributed by atoms with Gasteiger partial charge in [0.05, 0.1) is 5.56 Å². The largest absolute Gasteiger partial charge is 0.452 e. The Morgan fingerprint density at radius 3 is 2.56 bits per heavy atom. The second-order valence-electron chi connectivity index (χ2n) is 7.09.